The number of amides is 1. The lowest BCUT2D eigenvalue weighted by molar-refractivity contribution is -0.122. The smallest absolute Gasteiger partial charge is 0.262 e. The van der Waals surface area contributed by atoms with Crippen LogP contribution in [0.15, 0.2) is 21.7 Å². The van der Waals surface area contributed by atoms with Crippen LogP contribution in [0.25, 0.3) is 0 Å². The number of fused-ring (bicyclic) bond motifs is 3. The number of carbonyl (C=O) groups excluding carboxylic acids is 1. The highest BCUT2D eigenvalue weighted by Gasteiger charge is 2.38. The van der Waals surface area contributed by atoms with E-state index in [4.69, 9.17) is 9.47 Å². The van der Waals surface area contributed by atoms with E-state index in [1.165, 1.54) is 6.42 Å². The van der Waals surface area contributed by atoms with Gasteiger partial charge in [0.2, 0.25) is 0 Å². The molecular weight excluding hydrogens is 362 g/mol. The van der Waals surface area contributed by atoms with Crippen molar-refractivity contribution in [2.75, 3.05) is 11.5 Å². The number of carbonyl (C=O) groups is 1. The van der Waals surface area contributed by atoms with Gasteiger partial charge in [-0.1, -0.05) is 0 Å². The number of hydrogen-bond donors (Lipinski definition) is 1. The van der Waals surface area contributed by atoms with E-state index in [0.29, 0.717) is 12.4 Å². The molecule has 2 heterocycles. The Morgan fingerprint density at radius 3 is 2.96 bits per heavy atom. The van der Waals surface area contributed by atoms with Gasteiger partial charge in [-0.05, 0) is 49.0 Å². The zero-order chi connectivity index (χ0) is 16.2. The van der Waals surface area contributed by atoms with E-state index >= 15 is 0 Å². The largest absolute Gasteiger partial charge is 0.486 e. The summed E-state index contributed by atoms with van der Waals surface area (Å²) in [7, 11) is 0. The minimum Gasteiger partial charge on any atom is -0.486 e. The molecule has 3 aliphatic rings. The van der Waals surface area contributed by atoms with Gasteiger partial charge in [-0.15, -0.1) is 0 Å². The van der Waals surface area contributed by atoms with Gasteiger partial charge < -0.3 is 14.4 Å². The topological polar surface area (TPSA) is 63.2 Å². The summed E-state index contributed by atoms with van der Waals surface area (Å²) in [6, 6.07) is 3.51. The number of amidine groups is 1. The van der Waals surface area contributed by atoms with Gasteiger partial charge in [-0.25, -0.2) is 5.43 Å². The van der Waals surface area contributed by atoms with Crippen LogP contribution in [0.1, 0.15) is 33.1 Å². The lowest BCUT2D eigenvalue weighted by Gasteiger charge is -2.41. The monoisotopic (exact) mass is 379 g/mol. The number of hydrogen-bond acceptors (Lipinski definition) is 5. The molecule has 0 aromatic heterocycles. The third kappa shape index (κ3) is 2.38. The second-order valence-electron chi connectivity index (χ2n) is 6.49. The lowest BCUT2D eigenvalue weighted by atomic mass is 9.82. The summed E-state index contributed by atoms with van der Waals surface area (Å²) in [5.74, 6) is 2.07. The molecule has 1 aromatic carbocycles. The van der Waals surface area contributed by atoms with Gasteiger partial charge in [0.25, 0.3) is 5.91 Å². The van der Waals surface area contributed by atoms with Crippen molar-refractivity contribution in [3.63, 3.8) is 0 Å². The highest BCUT2D eigenvalue weighted by Crippen LogP contribution is 2.45. The number of ether oxygens (including phenoxy) is 2. The molecule has 1 saturated carbocycles. The van der Waals surface area contributed by atoms with Crippen LogP contribution in [0, 0.1) is 0 Å². The zero-order valence-corrected chi connectivity index (χ0v) is 14.6. The van der Waals surface area contributed by atoms with E-state index in [0.717, 1.165) is 34.5 Å². The summed E-state index contributed by atoms with van der Waals surface area (Å²) in [5.41, 5.74) is 3.25. The predicted octanol–water partition coefficient (Wildman–Crippen LogP) is 2.80. The number of halogens is 1. The Balaban J connectivity index is 1.75. The molecule has 4 rings (SSSR count). The Morgan fingerprint density at radius 2 is 2.26 bits per heavy atom. The van der Waals surface area contributed by atoms with Crippen LogP contribution in [0.3, 0.4) is 0 Å². The Labute approximate surface area is 142 Å². The van der Waals surface area contributed by atoms with Gasteiger partial charge >= 0.3 is 0 Å². The molecule has 1 unspecified atom stereocenters. The van der Waals surface area contributed by atoms with Gasteiger partial charge in [0.1, 0.15) is 29.7 Å². The Kier molecular flexibility index (Phi) is 3.30. The molecule has 1 fully saturated rings. The minimum absolute atomic E-state index is 0.103. The molecule has 1 N–H and O–H groups in total. The Hall–Kier alpha value is -1.76. The fourth-order valence-electron chi connectivity index (χ4n) is 3.15. The summed E-state index contributed by atoms with van der Waals surface area (Å²) >= 11 is 3.56. The van der Waals surface area contributed by atoms with E-state index in [2.05, 4.69) is 33.4 Å². The first kappa shape index (κ1) is 14.8. The van der Waals surface area contributed by atoms with E-state index in [9.17, 15) is 4.79 Å². The van der Waals surface area contributed by atoms with Crippen molar-refractivity contribution in [3.05, 3.63) is 16.6 Å². The minimum atomic E-state index is -0.335. The van der Waals surface area contributed by atoms with Gasteiger partial charge in [-0.2, -0.15) is 5.10 Å². The average Bonchev–Trinajstić information content (AvgIpc) is 2.50. The molecule has 0 spiro atoms. The van der Waals surface area contributed by atoms with Crippen LogP contribution < -0.4 is 19.8 Å². The molecular formula is C16H18BrN3O3. The van der Waals surface area contributed by atoms with Crippen LogP contribution in [-0.2, 0) is 4.79 Å². The Bertz CT molecular complexity index is 715. The SMILES string of the molecule is CC1C(=O)NN=C2COc3cc(Br)c(OC4(C)CCC4)cc3N21. The van der Waals surface area contributed by atoms with Crippen molar-refractivity contribution < 1.29 is 14.3 Å². The first-order chi connectivity index (χ1) is 11.0. The number of hydrazone groups is 1. The van der Waals surface area contributed by atoms with Crippen LogP contribution >= 0.6 is 15.9 Å². The number of rotatable bonds is 2. The fraction of sp³-hybridized carbons (Fsp3) is 0.500. The molecule has 122 valence electrons. The summed E-state index contributed by atoms with van der Waals surface area (Å²) in [6.45, 7) is 4.32. The molecule has 0 radical (unpaired) electrons. The van der Waals surface area contributed by atoms with E-state index in [1.54, 1.807) is 0 Å². The average molecular weight is 380 g/mol. The molecule has 7 heteroatoms. The Morgan fingerprint density at radius 1 is 1.48 bits per heavy atom. The zero-order valence-electron chi connectivity index (χ0n) is 13.1. The molecule has 23 heavy (non-hydrogen) atoms. The fourth-order valence-corrected chi connectivity index (χ4v) is 3.55. The number of nitrogens with one attached hydrogen (secondary N) is 1. The standard InChI is InChI=1S/C16H18BrN3O3/c1-9-15(21)19-18-14-8-22-13-6-10(17)12(7-11(13)20(9)14)23-16(2)4-3-5-16/h6-7,9H,3-5,8H2,1-2H3,(H,19,21). The van der Waals surface area contributed by atoms with Crippen molar-refractivity contribution in [2.24, 2.45) is 5.10 Å². The first-order valence-corrected chi connectivity index (χ1v) is 8.57. The van der Waals surface area contributed by atoms with E-state index < -0.39 is 0 Å². The summed E-state index contributed by atoms with van der Waals surface area (Å²) < 4.78 is 12.8. The maximum Gasteiger partial charge on any atom is 0.262 e. The molecule has 1 aliphatic carbocycles. The molecule has 1 amide bonds. The highest BCUT2D eigenvalue weighted by molar-refractivity contribution is 9.10. The van der Waals surface area contributed by atoms with E-state index in [1.807, 2.05) is 24.0 Å². The number of anilines is 1. The number of nitrogens with zero attached hydrogens (tertiary/aromatic N) is 2. The third-order valence-corrected chi connectivity index (χ3v) is 5.36. The molecule has 6 nitrogen and oxygen atoms in total. The highest BCUT2D eigenvalue weighted by atomic mass is 79.9. The quantitative estimate of drug-likeness (QED) is 0.857. The second kappa shape index (κ2) is 5.12. The van der Waals surface area contributed by atoms with Crippen LogP contribution in [-0.4, -0.2) is 30.0 Å². The van der Waals surface area contributed by atoms with Crippen molar-refractivity contribution in [3.8, 4) is 11.5 Å². The maximum absolute atomic E-state index is 12.0. The summed E-state index contributed by atoms with van der Waals surface area (Å²) in [4.78, 5) is 13.9. The maximum atomic E-state index is 12.0. The van der Waals surface area contributed by atoms with Crippen molar-refractivity contribution in [2.45, 2.75) is 44.8 Å². The van der Waals surface area contributed by atoms with Gasteiger partial charge in [0.05, 0.1) is 10.2 Å². The first-order valence-electron chi connectivity index (χ1n) is 7.78. The van der Waals surface area contributed by atoms with Crippen LogP contribution in [0.2, 0.25) is 0 Å². The van der Waals surface area contributed by atoms with Crippen molar-refractivity contribution in [1.29, 1.82) is 0 Å². The normalized spacial score (nSPS) is 24.5. The van der Waals surface area contributed by atoms with E-state index in [-0.39, 0.29) is 17.6 Å². The molecule has 0 saturated heterocycles. The summed E-state index contributed by atoms with van der Waals surface area (Å²) in [6.07, 6.45) is 3.31. The number of benzene rings is 1. The van der Waals surface area contributed by atoms with Crippen LogP contribution in [0.5, 0.6) is 11.5 Å². The van der Waals surface area contributed by atoms with Crippen molar-refractivity contribution >= 4 is 33.4 Å². The van der Waals surface area contributed by atoms with Gasteiger partial charge in [0, 0.05) is 12.1 Å². The predicted molar refractivity (Wildman–Crippen MR) is 90.0 cm³/mol. The second-order valence-corrected chi connectivity index (χ2v) is 7.35. The molecule has 0 bridgehead atoms. The van der Waals surface area contributed by atoms with Gasteiger partial charge in [0.15, 0.2) is 5.84 Å². The lowest BCUT2D eigenvalue weighted by Crippen LogP contribution is -2.55. The van der Waals surface area contributed by atoms with Crippen LogP contribution in [0.4, 0.5) is 5.69 Å². The molecule has 1 atom stereocenters. The molecule has 2 aliphatic heterocycles. The van der Waals surface area contributed by atoms with Crippen molar-refractivity contribution in [1.82, 2.24) is 5.43 Å². The summed E-state index contributed by atoms with van der Waals surface area (Å²) in [5, 5.41) is 4.10. The van der Waals surface area contributed by atoms with Gasteiger partial charge in [-0.3, -0.25) is 4.79 Å². The third-order valence-electron chi connectivity index (χ3n) is 4.74. The molecule has 1 aromatic rings.